The minimum atomic E-state index is 0.690. The molecular formula is C24H25ClN4. The van der Waals surface area contributed by atoms with Gasteiger partial charge in [-0.25, -0.2) is 0 Å². The molecule has 0 spiro atoms. The van der Waals surface area contributed by atoms with Crippen molar-refractivity contribution >= 4 is 39.6 Å². The van der Waals surface area contributed by atoms with E-state index in [0.717, 1.165) is 41.3 Å². The number of nitrogens with zero attached hydrogens (tertiary/aromatic N) is 1. The lowest BCUT2D eigenvalue weighted by atomic mass is 10.1. The molecule has 4 aromatic rings. The lowest BCUT2D eigenvalue weighted by molar-refractivity contribution is 1.03. The fourth-order valence-corrected chi connectivity index (χ4v) is 3.86. The van der Waals surface area contributed by atoms with E-state index >= 15 is 0 Å². The lowest BCUT2D eigenvalue weighted by Gasteiger charge is -2.14. The van der Waals surface area contributed by atoms with Gasteiger partial charge in [-0.3, -0.25) is 4.98 Å². The van der Waals surface area contributed by atoms with Gasteiger partial charge in [-0.15, -0.1) is 0 Å². The van der Waals surface area contributed by atoms with Crippen LogP contribution in [0.4, 0.5) is 17.1 Å². The van der Waals surface area contributed by atoms with Crippen LogP contribution in [0.5, 0.6) is 0 Å². The summed E-state index contributed by atoms with van der Waals surface area (Å²) in [4.78, 5) is 7.63. The largest absolute Gasteiger partial charge is 0.384 e. The van der Waals surface area contributed by atoms with Gasteiger partial charge in [0.25, 0.3) is 0 Å². The van der Waals surface area contributed by atoms with Gasteiger partial charge in [0.1, 0.15) is 0 Å². The van der Waals surface area contributed by atoms with E-state index in [4.69, 9.17) is 11.6 Å². The Kier molecular flexibility index (Phi) is 5.45. The SMILES string of the molecule is Cc1cc(Nc2cc(C)c(NCCc3c[nH]c4c(C)cccc34)cc2Cl)ccn1. The minimum absolute atomic E-state index is 0.690. The highest BCUT2D eigenvalue weighted by Gasteiger charge is 2.08. The predicted octanol–water partition coefficient (Wildman–Crippen LogP) is 6.54. The molecule has 4 rings (SSSR count). The first-order valence-electron chi connectivity index (χ1n) is 9.80. The van der Waals surface area contributed by atoms with Gasteiger partial charge in [0.15, 0.2) is 0 Å². The van der Waals surface area contributed by atoms with E-state index in [-0.39, 0.29) is 0 Å². The molecule has 0 aliphatic carbocycles. The summed E-state index contributed by atoms with van der Waals surface area (Å²) in [6.07, 6.45) is 4.85. The van der Waals surface area contributed by atoms with E-state index in [9.17, 15) is 0 Å². The second kappa shape index (κ2) is 8.18. The van der Waals surface area contributed by atoms with Crippen LogP contribution in [0.2, 0.25) is 5.02 Å². The molecule has 0 radical (unpaired) electrons. The van der Waals surface area contributed by atoms with Gasteiger partial charge < -0.3 is 15.6 Å². The first-order valence-corrected chi connectivity index (χ1v) is 10.2. The number of pyridine rings is 1. The van der Waals surface area contributed by atoms with E-state index in [1.807, 2.05) is 25.1 Å². The summed E-state index contributed by atoms with van der Waals surface area (Å²) in [5.74, 6) is 0. The van der Waals surface area contributed by atoms with Crippen molar-refractivity contribution < 1.29 is 0 Å². The van der Waals surface area contributed by atoms with Crippen LogP contribution in [-0.2, 0) is 6.42 Å². The van der Waals surface area contributed by atoms with Crippen LogP contribution < -0.4 is 10.6 Å². The summed E-state index contributed by atoms with van der Waals surface area (Å²) >= 11 is 6.54. The van der Waals surface area contributed by atoms with Gasteiger partial charge in [0, 0.05) is 46.9 Å². The lowest BCUT2D eigenvalue weighted by Crippen LogP contribution is -2.06. The first-order chi connectivity index (χ1) is 14.0. The van der Waals surface area contributed by atoms with Gasteiger partial charge in [-0.1, -0.05) is 29.8 Å². The van der Waals surface area contributed by atoms with Gasteiger partial charge in [0.2, 0.25) is 0 Å². The highest BCUT2D eigenvalue weighted by Crippen LogP contribution is 2.31. The van der Waals surface area contributed by atoms with Crippen LogP contribution in [0.1, 0.15) is 22.4 Å². The van der Waals surface area contributed by atoms with Gasteiger partial charge in [-0.2, -0.15) is 0 Å². The molecule has 4 nitrogen and oxygen atoms in total. The number of H-pyrrole nitrogens is 1. The number of nitrogens with one attached hydrogen (secondary N) is 3. The molecule has 0 bridgehead atoms. The fraction of sp³-hybridized carbons (Fsp3) is 0.208. The monoisotopic (exact) mass is 404 g/mol. The van der Waals surface area contributed by atoms with E-state index in [1.165, 1.54) is 22.0 Å². The summed E-state index contributed by atoms with van der Waals surface area (Å²) in [6.45, 7) is 7.04. The Hall–Kier alpha value is -2.98. The van der Waals surface area contributed by atoms with E-state index in [2.05, 4.69) is 64.9 Å². The van der Waals surface area contributed by atoms with Crippen LogP contribution in [0.15, 0.2) is 54.9 Å². The zero-order valence-electron chi connectivity index (χ0n) is 16.9. The Balaban J connectivity index is 1.45. The summed E-state index contributed by atoms with van der Waals surface area (Å²) < 4.78 is 0. The molecule has 3 N–H and O–H groups in total. The van der Waals surface area contributed by atoms with Crippen molar-refractivity contribution in [3.05, 3.63) is 82.3 Å². The maximum absolute atomic E-state index is 6.54. The van der Waals surface area contributed by atoms with Crippen molar-refractivity contribution in [2.75, 3.05) is 17.2 Å². The highest BCUT2D eigenvalue weighted by molar-refractivity contribution is 6.33. The third kappa shape index (κ3) is 4.22. The minimum Gasteiger partial charge on any atom is -0.384 e. The number of rotatable bonds is 6. The number of fused-ring (bicyclic) bond motifs is 1. The van der Waals surface area contributed by atoms with Crippen molar-refractivity contribution in [2.24, 2.45) is 0 Å². The Morgan fingerprint density at radius 1 is 1.00 bits per heavy atom. The van der Waals surface area contributed by atoms with Crippen molar-refractivity contribution in [1.29, 1.82) is 0 Å². The quantitative estimate of drug-likeness (QED) is 0.342. The molecule has 0 saturated carbocycles. The molecule has 0 amide bonds. The molecule has 2 heterocycles. The molecular weight excluding hydrogens is 380 g/mol. The zero-order valence-corrected chi connectivity index (χ0v) is 17.7. The average Bonchev–Trinajstić information content (AvgIpc) is 3.10. The third-order valence-electron chi connectivity index (χ3n) is 5.21. The molecule has 0 saturated heterocycles. The third-order valence-corrected chi connectivity index (χ3v) is 5.52. The van der Waals surface area contributed by atoms with Gasteiger partial charge >= 0.3 is 0 Å². The molecule has 0 unspecified atom stereocenters. The highest BCUT2D eigenvalue weighted by atomic mass is 35.5. The molecule has 0 aliphatic rings. The summed E-state index contributed by atoms with van der Waals surface area (Å²) in [7, 11) is 0. The van der Waals surface area contributed by atoms with Crippen LogP contribution in [0.25, 0.3) is 10.9 Å². The Labute approximate surface area is 176 Å². The van der Waals surface area contributed by atoms with Crippen LogP contribution in [-0.4, -0.2) is 16.5 Å². The summed E-state index contributed by atoms with van der Waals surface area (Å²) in [5.41, 5.74) is 8.88. The standard InChI is InChI=1S/C24H25ClN4/c1-15-5-4-6-20-18(14-28-24(15)20)7-9-27-22-13-21(25)23(11-16(22)2)29-19-8-10-26-17(3)12-19/h4-6,8,10-14,27-28H,7,9H2,1-3H3,(H,26,29). The molecule has 148 valence electrons. The first kappa shape index (κ1) is 19.3. The molecule has 0 aliphatic heterocycles. The topological polar surface area (TPSA) is 52.7 Å². The number of para-hydroxylation sites is 1. The second-order valence-electron chi connectivity index (χ2n) is 7.45. The van der Waals surface area contributed by atoms with Crippen molar-refractivity contribution in [3.63, 3.8) is 0 Å². The zero-order chi connectivity index (χ0) is 20.4. The van der Waals surface area contributed by atoms with E-state index in [0.29, 0.717) is 5.02 Å². The summed E-state index contributed by atoms with van der Waals surface area (Å²) in [6, 6.07) is 14.4. The molecule has 0 fully saturated rings. The van der Waals surface area contributed by atoms with Crippen LogP contribution >= 0.6 is 11.6 Å². The van der Waals surface area contributed by atoms with Crippen LogP contribution in [0, 0.1) is 20.8 Å². The Bertz CT molecular complexity index is 1160. The number of aryl methyl sites for hydroxylation is 3. The maximum atomic E-state index is 6.54. The molecule has 2 aromatic carbocycles. The molecule has 0 atom stereocenters. The Morgan fingerprint density at radius 2 is 1.86 bits per heavy atom. The predicted molar refractivity (Wildman–Crippen MR) is 124 cm³/mol. The number of benzene rings is 2. The second-order valence-corrected chi connectivity index (χ2v) is 7.85. The number of hydrogen-bond donors (Lipinski definition) is 3. The smallest absolute Gasteiger partial charge is 0.0661 e. The van der Waals surface area contributed by atoms with E-state index in [1.54, 1.807) is 6.20 Å². The number of hydrogen-bond acceptors (Lipinski definition) is 3. The fourth-order valence-electron chi connectivity index (χ4n) is 3.65. The van der Waals surface area contributed by atoms with E-state index < -0.39 is 0 Å². The maximum Gasteiger partial charge on any atom is 0.0661 e. The van der Waals surface area contributed by atoms with Gasteiger partial charge in [0.05, 0.1) is 10.7 Å². The molecule has 2 aromatic heterocycles. The van der Waals surface area contributed by atoms with Gasteiger partial charge in [-0.05, 0) is 68.1 Å². The van der Waals surface area contributed by atoms with Crippen molar-refractivity contribution in [3.8, 4) is 0 Å². The number of halogens is 1. The average molecular weight is 405 g/mol. The molecule has 29 heavy (non-hydrogen) atoms. The van der Waals surface area contributed by atoms with Crippen LogP contribution in [0.3, 0.4) is 0 Å². The Morgan fingerprint density at radius 3 is 2.69 bits per heavy atom. The summed E-state index contributed by atoms with van der Waals surface area (Å²) in [5, 5.41) is 8.91. The van der Waals surface area contributed by atoms with Crippen molar-refractivity contribution in [2.45, 2.75) is 27.2 Å². The number of anilines is 3. The normalized spacial score (nSPS) is 11.0. The number of aromatic nitrogens is 2. The van der Waals surface area contributed by atoms with Crippen molar-refractivity contribution in [1.82, 2.24) is 9.97 Å². The number of aromatic amines is 1. The molecule has 5 heteroatoms.